The summed E-state index contributed by atoms with van der Waals surface area (Å²) < 4.78 is 17.4. The van der Waals surface area contributed by atoms with E-state index in [4.69, 9.17) is 14.2 Å². The van der Waals surface area contributed by atoms with Crippen LogP contribution < -0.4 is 19.6 Å². The molecule has 0 aliphatic rings. The van der Waals surface area contributed by atoms with Gasteiger partial charge in [-0.15, -0.1) is 0 Å². The lowest BCUT2D eigenvalue weighted by Crippen LogP contribution is -2.33. The topological polar surface area (TPSA) is 86.2 Å². The normalized spacial score (nSPS) is 11.6. The summed E-state index contributed by atoms with van der Waals surface area (Å²) in [6.45, 7) is 1.65. The minimum absolute atomic E-state index is 0.263. The van der Waals surface area contributed by atoms with Crippen molar-refractivity contribution in [2.75, 3.05) is 7.11 Å². The number of rotatable bonds is 9. The Kier molecular flexibility index (Phi) is 8.89. The molecule has 38 heavy (non-hydrogen) atoms. The molecule has 1 atom stereocenters. The molecule has 0 aliphatic heterocycles. The molecule has 0 radical (unpaired) electrons. The Morgan fingerprint density at radius 2 is 1.61 bits per heavy atom. The standard InChI is InChI=1S/C30H25BrN2O5/c1-20(37-26-14-12-23(13-15-26)22-7-4-3-5-8-22)29(34)33-32-19-21-11-16-27(28(17-21)36-2)38-30(35)24-9-6-10-25(31)18-24/h3-20H,1-2H3,(H,33,34)/b32-19+. The molecule has 4 rings (SSSR count). The third-order valence-electron chi connectivity index (χ3n) is 5.48. The van der Waals surface area contributed by atoms with Crippen LogP contribution in [0.25, 0.3) is 11.1 Å². The van der Waals surface area contributed by atoms with Crippen LogP contribution in [0.5, 0.6) is 17.2 Å². The Hall–Kier alpha value is -4.43. The average molecular weight is 573 g/mol. The first-order chi connectivity index (χ1) is 18.4. The van der Waals surface area contributed by atoms with E-state index in [-0.39, 0.29) is 5.75 Å². The van der Waals surface area contributed by atoms with E-state index < -0.39 is 18.0 Å². The zero-order valence-electron chi connectivity index (χ0n) is 20.8. The lowest BCUT2D eigenvalue weighted by atomic mass is 10.1. The predicted octanol–water partition coefficient (Wildman–Crippen LogP) is 6.26. The summed E-state index contributed by atoms with van der Waals surface area (Å²) in [4.78, 5) is 24.9. The van der Waals surface area contributed by atoms with Gasteiger partial charge >= 0.3 is 5.97 Å². The first kappa shape index (κ1) is 26.6. The molecule has 8 heteroatoms. The Labute approximate surface area is 229 Å². The number of hydrogen-bond donors (Lipinski definition) is 1. The molecule has 0 aliphatic carbocycles. The highest BCUT2D eigenvalue weighted by molar-refractivity contribution is 9.10. The quantitative estimate of drug-likeness (QED) is 0.111. The van der Waals surface area contributed by atoms with Crippen molar-refractivity contribution in [2.45, 2.75) is 13.0 Å². The van der Waals surface area contributed by atoms with Crippen molar-refractivity contribution in [3.8, 4) is 28.4 Å². The lowest BCUT2D eigenvalue weighted by molar-refractivity contribution is -0.127. The molecular formula is C30H25BrN2O5. The van der Waals surface area contributed by atoms with Crippen molar-refractivity contribution in [2.24, 2.45) is 5.10 Å². The zero-order chi connectivity index (χ0) is 26.9. The largest absolute Gasteiger partial charge is 0.493 e. The number of benzene rings is 4. The highest BCUT2D eigenvalue weighted by Gasteiger charge is 2.15. The molecule has 0 saturated carbocycles. The van der Waals surface area contributed by atoms with Gasteiger partial charge in [0.05, 0.1) is 18.9 Å². The van der Waals surface area contributed by atoms with Crippen molar-refractivity contribution in [3.05, 3.63) is 113 Å². The highest BCUT2D eigenvalue weighted by Crippen LogP contribution is 2.29. The number of carbonyl (C=O) groups is 2. The smallest absolute Gasteiger partial charge is 0.343 e. The van der Waals surface area contributed by atoms with Crippen LogP contribution in [0.2, 0.25) is 0 Å². The number of carbonyl (C=O) groups excluding carboxylic acids is 2. The molecule has 0 saturated heterocycles. The Bertz CT molecular complexity index is 1440. The number of hydrazone groups is 1. The van der Waals surface area contributed by atoms with Crippen LogP contribution in [0.1, 0.15) is 22.8 Å². The molecule has 0 spiro atoms. The summed E-state index contributed by atoms with van der Waals surface area (Å²) in [5, 5.41) is 4.01. The second-order valence-corrected chi connectivity index (χ2v) is 9.11. The van der Waals surface area contributed by atoms with Gasteiger partial charge in [0.2, 0.25) is 0 Å². The molecule has 0 heterocycles. The zero-order valence-corrected chi connectivity index (χ0v) is 22.3. The second kappa shape index (κ2) is 12.7. The minimum Gasteiger partial charge on any atom is -0.493 e. The Balaban J connectivity index is 1.32. The van der Waals surface area contributed by atoms with Gasteiger partial charge in [0.15, 0.2) is 17.6 Å². The maximum atomic E-state index is 12.5. The summed E-state index contributed by atoms with van der Waals surface area (Å²) >= 11 is 3.34. The Morgan fingerprint density at radius 1 is 0.868 bits per heavy atom. The predicted molar refractivity (Wildman–Crippen MR) is 150 cm³/mol. The highest BCUT2D eigenvalue weighted by atomic mass is 79.9. The molecule has 0 aromatic heterocycles. The van der Waals surface area contributed by atoms with Crippen LogP contribution in [0, 0.1) is 0 Å². The van der Waals surface area contributed by atoms with Crippen LogP contribution >= 0.6 is 15.9 Å². The fourth-order valence-electron chi connectivity index (χ4n) is 3.50. The monoisotopic (exact) mass is 572 g/mol. The average Bonchev–Trinajstić information content (AvgIpc) is 2.94. The van der Waals surface area contributed by atoms with E-state index in [0.29, 0.717) is 22.6 Å². The molecule has 1 amide bonds. The number of hydrogen-bond acceptors (Lipinski definition) is 6. The van der Waals surface area contributed by atoms with Crippen molar-refractivity contribution in [1.82, 2.24) is 5.43 Å². The summed E-state index contributed by atoms with van der Waals surface area (Å²) in [6.07, 6.45) is 0.700. The molecule has 7 nitrogen and oxygen atoms in total. The van der Waals surface area contributed by atoms with Crippen molar-refractivity contribution >= 4 is 34.0 Å². The van der Waals surface area contributed by atoms with Gasteiger partial charge in [-0.1, -0.05) is 64.5 Å². The Morgan fingerprint density at radius 3 is 2.32 bits per heavy atom. The number of ether oxygens (including phenoxy) is 3. The fourth-order valence-corrected chi connectivity index (χ4v) is 3.90. The van der Waals surface area contributed by atoms with E-state index in [1.165, 1.54) is 13.3 Å². The molecule has 1 N–H and O–H groups in total. The number of halogens is 1. The van der Waals surface area contributed by atoms with Crippen LogP contribution in [-0.4, -0.2) is 31.3 Å². The van der Waals surface area contributed by atoms with E-state index in [1.807, 2.05) is 60.7 Å². The summed E-state index contributed by atoms with van der Waals surface area (Å²) in [5.74, 6) is 0.272. The fraction of sp³-hybridized carbons (Fsp3) is 0.100. The molecule has 192 valence electrons. The van der Waals surface area contributed by atoms with E-state index in [1.54, 1.807) is 43.3 Å². The molecule has 1 unspecified atom stereocenters. The SMILES string of the molecule is COc1cc(/C=N/NC(=O)C(C)Oc2ccc(-c3ccccc3)cc2)ccc1OC(=O)c1cccc(Br)c1. The van der Waals surface area contributed by atoms with Gasteiger partial charge in [-0.3, -0.25) is 4.79 Å². The lowest BCUT2D eigenvalue weighted by Gasteiger charge is -2.13. The maximum absolute atomic E-state index is 12.5. The number of amides is 1. The van der Waals surface area contributed by atoms with Crippen molar-refractivity contribution in [1.29, 1.82) is 0 Å². The van der Waals surface area contributed by atoms with Crippen molar-refractivity contribution < 1.29 is 23.8 Å². The van der Waals surface area contributed by atoms with E-state index in [9.17, 15) is 9.59 Å². The van der Waals surface area contributed by atoms with Gasteiger partial charge in [0, 0.05) is 4.47 Å². The molecule has 4 aromatic carbocycles. The van der Waals surface area contributed by atoms with Crippen molar-refractivity contribution in [3.63, 3.8) is 0 Å². The number of nitrogens with one attached hydrogen (secondary N) is 1. The molecule has 4 aromatic rings. The number of esters is 1. The summed E-state index contributed by atoms with van der Waals surface area (Å²) in [7, 11) is 1.47. The third kappa shape index (κ3) is 7.08. The molecule has 0 bridgehead atoms. The van der Waals surface area contributed by atoms with E-state index in [2.05, 4.69) is 26.5 Å². The number of nitrogens with zero attached hydrogens (tertiary/aromatic N) is 1. The van der Waals surface area contributed by atoms with Gasteiger partial charge in [-0.2, -0.15) is 5.10 Å². The van der Waals surface area contributed by atoms with Gasteiger partial charge < -0.3 is 14.2 Å². The molecular weight excluding hydrogens is 548 g/mol. The van der Waals surface area contributed by atoms with Crippen LogP contribution in [0.4, 0.5) is 0 Å². The minimum atomic E-state index is -0.760. The first-order valence-corrected chi connectivity index (χ1v) is 12.5. The first-order valence-electron chi connectivity index (χ1n) is 11.7. The van der Waals surface area contributed by atoms with Gasteiger partial charge in [-0.05, 0) is 72.1 Å². The van der Waals surface area contributed by atoms with E-state index in [0.717, 1.165) is 15.6 Å². The maximum Gasteiger partial charge on any atom is 0.343 e. The van der Waals surface area contributed by atoms with Crippen LogP contribution in [-0.2, 0) is 4.79 Å². The summed E-state index contributed by atoms with van der Waals surface area (Å²) in [6, 6.07) is 29.4. The summed E-state index contributed by atoms with van der Waals surface area (Å²) in [5.41, 5.74) is 5.67. The van der Waals surface area contributed by atoms with Crippen LogP contribution in [0.15, 0.2) is 107 Å². The number of methoxy groups -OCH3 is 1. The third-order valence-corrected chi connectivity index (χ3v) is 5.98. The van der Waals surface area contributed by atoms with E-state index >= 15 is 0 Å². The van der Waals surface area contributed by atoms with Gasteiger partial charge in [-0.25, -0.2) is 10.2 Å². The van der Waals surface area contributed by atoms with Gasteiger partial charge in [0.1, 0.15) is 5.75 Å². The second-order valence-electron chi connectivity index (χ2n) is 8.19. The van der Waals surface area contributed by atoms with Gasteiger partial charge in [0.25, 0.3) is 5.91 Å². The van der Waals surface area contributed by atoms with Crippen LogP contribution in [0.3, 0.4) is 0 Å². The molecule has 0 fully saturated rings.